The van der Waals surface area contributed by atoms with Crippen molar-refractivity contribution in [3.8, 4) is 77.5 Å². The van der Waals surface area contributed by atoms with Crippen molar-refractivity contribution in [2.75, 3.05) is 0 Å². The SMILES string of the molecule is c1ccc(-c2cc(-c3ccccc3)nc(-n3c4ccccc4c4cc(-c5nnc(-c6ccc7c(c6)c6ccccc6n7-c6cc(-c7ccccc7)cc(-c7ccccc7)n6)s5)ccc43)c2)cc1. The van der Waals surface area contributed by atoms with Gasteiger partial charge in [0.1, 0.15) is 21.7 Å². The van der Waals surface area contributed by atoms with Crippen LogP contribution in [-0.2, 0) is 0 Å². The van der Waals surface area contributed by atoms with Crippen LogP contribution in [0, 0.1) is 0 Å². The largest absolute Gasteiger partial charge is 0.294 e. The van der Waals surface area contributed by atoms with Crippen molar-refractivity contribution in [3.63, 3.8) is 0 Å². The summed E-state index contributed by atoms with van der Waals surface area (Å²) >= 11 is 1.61. The second-order valence-corrected chi connectivity index (χ2v) is 17.7. The van der Waals surface area contributed by atoms with Crippen molar-refractivity contribution in [2.45, 2.75) is 0 Å². The Balaban J connectivity index is 0.906. The Morgan fingerprint density at radius 3 is 1.04 bits per heavy atom. The van der Waals surface area contributed by atoms with Gasteiger partial charge in [0.15, 0.2) is 0 Å². The highest BCUT2D eigenvalue weighted by Gasteiger charge is 2.20. The van der Waals surface area contributed by atoms with Gasteiger partial charge in [-0.3, -0.25) is 9.13 Å². The van der Waals surface area contributed by atoms with Gasteiger partial charge < -0.3 is 0 Å². The minimum Gasteiger partial charge on any atom is -0.294 e. The summed E-state index contributed by atoms with van der Waals surface area (Å²) in [4.78, 5) is 10.6. The highest BCUT2D eigenvalue weighted by Crippen LogP contribution is 2.40. The molecule has 0 saturated carbocycles. The number of nitrogens with zero attached hydrogens (tertiary/aromatic N) is 6. The Bertz CT molecular complexity index is 3590. The molecule has 8 aromatic carbocycles. The maximum absolute atomic E-state index is 5.32. The number of benzene rings is 8. The van der Waals surface area contributed by atoms with Gasteiger partial charge in [0.2, 0.25) is 0 Å². The van der Waals surface area contributed by atoms with Crippen LogP contribution in [0.25, 0.3) is 121 Å². The summed E-state index contributed by atoms with van der Waals surface area (Å²) in [5.74, 6) is 1.73. The minimum absolute atomic E-state index is 0.863. The zero-order chi connectivity index (χ0) is 44.3. The molecule has 13 aromatic rings. The summed E-state index contributed by atoms with van der Waals surface area (Å²) in [5.41, 5.74) is 14.9. The van der Waals surface area contributed by atoms with Crippen LogP contribution in [0.3, 0.4) is 0 Å². The molecule has 5 aromatic heterocycles. The van der Waals surface area contributed by atoms with E-state index in [2.05, 4.69) is 228 Å². The lowest BCUT2D eigenvalue weighted by molar-refractivity contribution is 1.08. The van der Waals surface area contributed by atoms with Crippen LogP contribution >= 0.6 is 11.3 Å². The van der Waals surface area contributed by atoms with Crippen molar-refractivity contribution in [2.24, 2.45) is 0 Å². The fraction of sp³-hybridized carbons (Fsp3) is 0. The molecule has 0 radical (unpaired) electrons. The van der Waals surface area contributed by atoms with E-state index < -0.39 is 0 Å². The standard InChI is InChI=1S/C60H38N6S/c1-5-17-39(18-6-1)45-35-51(41-21-9-3-10-22-41)61-57(37-45)65-53-27-15-13-25-47(53)49-33-43(29-31-55(49)65)59-63-64-60(67-59)44-30-32-56-50(34-44)48-26-14-16-28-54(48)66(56)58-38-46(40-19-7-2-8-20-40)36-52(62-58)42-23-11-4-12-24-42/h1-38H. The number of hydrogen-bond acceptors (Lipinski definition) is 5. The topological polar surface area (TPSA) is 61.4 Å². The third-order valence-corrected chi connectivity index (χ3v) is 13.7. The average Bonchev–Trinajstić information content (AvgIpc) is 4.13. The van der Waals surface area contributed by atoms with Gasteiger partial charge >= 0.3 is 0 Å². The zero-order valence-corrected chi connectivity index (χ0v) is 36.8. The molecule has 7 heteroatoms. The first-order chi connectivity index (χ1) is 33.2. The van der Waals surface area contributed by atoms with E-state index in [0.717, 1.165) is 121 Å². The summed E-state index contributed by atoms with van der Waals surface area (Å²) in [6.07, 6.45) is 0. The fourth-order valence-electron chi connectivity index (χ4n) is 9.53. The molecule has 13 rings (SSSR count). The quantitative estimate of drug-likeness (QED) is 0.153. The molecule has 0 N–H and O–H groups in total. The maximum Gasteiger partial charge on any atom is 0.148 e. The van der Waals surface area contributed by atoms with Crippen LogP contribution in [-0.4, -0.2) is 29.3 Å². The summed E-state index contributed by atoms with van der Waals surface area (Å²) in [5, 5.41) is 15.9. The third kappa shape index (κ3) is 6.80. The van der Waals surface area contributed by atoms with E-state index in [-0.39, 0.29) is 0 Å². The van der Waals surface area contributed by atoms with Crippen molar-refractivity contribution < 1.29 is 0 Å². The number of para-hydroxylation sites is 2. The van der Waals surface area contributed by atoms with E-state index in [1.807, 2.05) is 12.1 Å². The van der Waals surface area contributed by atoms with E-state index in [0.29, 0.717) is 0 Å². The molecule has 5 heterocycles. The summed E-state index contributed by atoms with van der Waals surface area (Å²) < 4.78 is 4.58. The van der Waals surface area contributed by atoms with E-state index in [1.165, 1.54) is 0 Å². The van der Waals surface area contributed by atoms with Crippen molar-refractivity contribution in [1.82, 2.24) is 29.3 Å². The number of fused-ring (bicyclic) bond motifs is 6. The van der Waals surface area contributed by atoms with Gasteiger partial charge in [-0.1, -0.05) is 169 Å². The van der Waals surface area contributed by atoms with Crippen LogP contribution in [0.5, 0.6) is 0 Å². The van der Waals surface area contributed by atoms with Gasteiger partial charge in [0, 0.05) is 43.8 Å². The summed E-state index contributed by atoms with van der Waals surface area (Å²) in [7, 11) is 0. The predicted octanol–water partition coefficient (Wildman–Crippen LogP) is 15.5. The van der Waals surface area contributed by atoms with Crippen LogP contribution in [0.1, 0.15) is 0 Å². The number of pyridine rings is 2. The fourth-order valence-corrected chi connectivity index (χ4v) is 10.4. The molecule has 0 spiro atoms. The predicted molar refractivity (Wildman–Crippen MR) is 277 cm³/mol. The smallest absolute Gasteiger partial charge is 0.148 e. The molecule has 67 heavy (non-hydrogen) atoms. The van der Waals surface area contributed by atoms with Gasteiger partial charge in [-0.2, -0.15) is 0 Å². The highest BCUT2D eigenvalue weighted by molar-refractivity contribution is 7.17. The Hall–Kier alpha value is -8.78. The Kier molecular flexibility index (Phi) is 9.25. The molecule has 0 saturated heterocycles. The third-order valence-electron chi connectivity index (χ3n) is 12.7. The maximum atomic E-state index is 5.32. The molecule has 0 fully saturated rings. The molecule has 0 bridgehead atoms. The number of rotatable bonds is 8. The summed E-state index contributed by atoms with van der Waals surface area (Å²) in [6, 6.07) is 81.1. The van der Waals surface area contributed by atoms with Crippen molar-refractivity contribution >= 4 is 54.9 Å². The first kappa shape index (κ1) is 38.7. The Morgan fingerprint density at radius 2 is 0.627 bits per heavy atom. The lowest BCUT2D eigenvalue weighted by Crippen LogP contribution is -2.00. The van der Waals surface area contributed by atoms with Crippen molar-refractivity contribution in [3.05, 3.63) is 231 Å². The molecule has 0 aliphatic rings. The number of aromatic nitrogens is 6. The minimum atomic E-state index is 0.863. The normalized spacial score (nSPS) is 11.6. The number of hydrogen-bond donors (Lipinski definition) is 0. The Morgan fingerprint density at radius 1 is 0.269 bits per heavy atom. The molecule has 0 atom stereocenters. The molecule has 6 nitrogen and oxygen atoms in total. The summed E-state index contributed by atoms with van der Waals surface area (Å²) in [6.45, 7) is 0. The molecule has 0 amide bonds. The molecule has 0 aliphatic heterocycles. The van der Waals surface area contributed by atoms with Gasteiger partial charge in [-0.25, -0.2) is 9.97 Å². The second kappa shape index (κ2) is 16.0. The lowest BCUT2D eigenvalue weighted by atomic mass is 10.0. The van der Waals surface area contributed by atoms with Crippen LogP contribution in [0.15, 0.2) is 231 Å². The van der Waals surface area contributed by atoms with E-state index in [4.69, 9.17) is 20.2 Å². The van der Waals surface area contributed by atoms with Crippen LogP contribution in [0.2, 0.25) is 0 Å². The van der Waals surface area contributed by atoms with Gasteiger partial charge in [0.25, 0.3) is 0 Å². The molecular weight excluding hydrogens is 837 g/mol. The van der Waals surface area contributed by atoms with Gasteiger partial charge in [0.05, 0.1) is 33.5 Å². The van der Waals surface area contributed by atoms with Crippen LogP contribution in [0.4, 0.5) is 0 Å². The van der Waals surface area contributed by atoms with Crippen LogP contribution < -0.4 is 0 Å². The second-order valence-electron chi connectivity index (χ2n) is 16.7. The van der Waals surface area contributed by atoms with Gasteiger partial charge in [-0.15, -0.1) is 10.2 Å². The lowest BCUT2D eigenvalue weighted by Gasteiger charge is -2.13. The zero-order valence-electron chi connectivity index (χ0n) is 36.0. The Labute approximate surface area is 390 Å². The van der Waals surface area contributed by atoms with Crippen molar-refractivity contribution in [1.29, 1.82) is 0 Å². The monoisotopic (exact) mass is 874 g/mol. The van der Waals surface area contributed by atoms with E-state index in [1.54, 1.807) is 11.3 Å². The first-order valence-electron chi connectivity index (χ1n) is 22.4. The first-order valence-corrected chi connectivity index (χ1v) is 23.2. The van der Waals surface area contributed by atoms with E-state index in [9.17, 15) is 0 Å². The van der Waals surface area contributed by atoms with E-state index >= 15 is 0 Å². The molecule has 314 valence electrons. The molecule has 0 unspecified atom stereocenters. The average molecular weight is 875 g/mol. The molecular formula is C60H38N6S. The van der Waals surface area contributed by atoms with Gasteiger partial charge in [-0.05, 0) is 95.1 Å². The highest BCUT2D eigenvalue weighted by atomic mass is 32.1. The molecule has 0 aliphatic carbocycles.